The van der Waals surface area contributed by atoms with Crippen molar-refractivity contribution in [2.45, 2.75) is 51.2 Å². The zero-order chi connectivity index (χ0) is 19.4. The second-order valence-corrected chi connectivity index (χ2v) is 10.7. The second-order valence-electron chi connectivity index (χ2n) is 7.17. The smallest absolute Gasteiger partial charge is 0.269 e. The molecule has 0 aromatic heterocycles. The summed E-state index contributed by atoms with van der Waals surface area (Å²) in [4.78, 5) is 21.7. The SMILES string of the molecule is CC(=O)SCC[C@](C)(C[S@@](=O)C(C)(C)C)c1cc([N+](=O)[O-])ccc1F. The first-order valence-electron chi connectivity index (χ1n) is 7.83. The molecule has 2 atom stereocenters. The Hall–Kier alpha value is -1.28. The Balaban J connectivity index is 3.30. The van der Waals surface area contributed by atoms with E-state index in [0.717, 1.165) is 23.9 Å². The molecular weight excluding hydrogens is 365 g/mol. The minimum absolute atomic E-state index is 0.0567. The molecule has 8 heteroatoms. The standard InChI is InChI=1S/C17H24FNO4S2/c1-12(20)24-9-8-17(5,11-25(23)16(2,3)4)14-10-13(19(21)22)6-7-15(14)18/h6-7,10H,8-9,11H2,1-5H3/t17-,25-/m1/s1. The van der Waals surface area contributed by atoms with Gasteiger partial charge in [-0.15, -0.1) is 0 Å². The van der Waals surface area contributed by atoms with Crippen molar-refractivity contribution in [3.8, 4) is 0 Å². The summed E-state index contributed by atoms with van der Waals surface area (Å²) in [6.45, 7) is 8.69. The average Bonchev–Trinajstić information content (AvgIpc) is 2.45. The Kier molecular flexibility index (Phi) is 7.31. The lowest BCUT2D eigenvalue weighted by Gasteiger charge is -2.32. The molecule has 0 bridgehead atoms. The third-order valence-corrected chi connectivity index (χ3v) is 6.98. The molecule has 0 fully saturated rings. The number of non-ortho nitro benzene ring substituents is 1. The van der Waals surface area contributed by atoms with E-state index < -0.39 is 31.7 Å². The van der Waals surface area contributed by atoms with Gasteiger partial charge in [0.15, 0.2) is 5.12 Å². The van der Waals surface area contributed by atoms with Crippen LogP contribution in [0.2, 0.25) is 0 Å². The topological polar surface area (TPSA) is 77.3 Å². The Morgan fingerprint density at radius 2 is 1.92 bits per heavy atom. The van der Waals surface area contributed by atoms with E-state index in [9.17, 15) is 23.5 Å². The highest BCUT2D eigenvalue weighted by Gasteiger charge is 2.36. The maximum atomic E-state index is 14.5. The van der Waals surface area contributed by atoms with E-state index in [1.165, 1.54) is 13.0 Å². The molecule has 5 nitrogen and oxygen atoms in total. The van der Waals surface area contributed by atoms with Crippen LogP contribution in [-0.2, 0) is 21.0 Å². The highest BCUT2D eigenvalue weighted by atomic mass is 32.2. The van der Waals surface area contributed by atoms with Crippen LogP contribution in [0.5, 0.6) is 0 Å². The van der Waals surface area contributed by atoms with Gasteiger partial charge in [-0.3, -0.25) is 19.1 Å². The van der Waals surface area contributed by atoms with Crippen LogP contribution in [-0.4, -0.2) is 30.5 Å². The molecule has 0 aliphatic heterocycles. The zero-order valence-electron chi connectivity index (χ0n) is 15.1. The van der Waals surface area contributed by atoms with Gasteiger partial charge >= 0.3 is 0 Å². The lowest BCUT2D eigenvalue weighted by molar-refractivity contribution is -0.385. The summed E-state index contributed by atoms with van der Waals surface area (Å²) in [5.41, 5.74) is -0.914. The first-order chi connectivity index (χ1) is 11.4. The predicted molar refractivity (Wildman–Crippen MR) is 101 cm³/mol. The van der Waals surface area contributed by atoms with Crippen LogP contribution in [0.1, 0.15) is 46.6 Å². The van der Waals surface area contributed by atoms with Crippen LogP contribution in [0.4, 0.5) is 10.1 Å². The minimum atomic E-state index is -1.28. The highest BCUT2D eigenvalue weighted by Crippen LogP contribution is 2.36. The quantitative estimate of drug-likeness (QED) is 0.516. The normalized spacial score (nSPS) is 15.4. The van der Waals surface area contributed by atoms with Crippen LogP contribution in [0.3, 0.4) is 0 Å². The third kappa shape index (κ3) is 6.18. The van der Waals surface area contributed by atoms with Crippen LogP contribution in [0.25, 0.3) is 0 Å². The van der Waals surface area contributed by atoms with E-state index in [1.54, 1.807) is 6.92 Å². The Labute approximate surface area is 154 Å². The molecule has 0 saturated heterocycles. The number of benzene rings is 1. The maximum Gasteiger partial charge on any atom is 0.269 e. The van der Waals surface area contributed by atoms with E-state index in [1.807, 2.05) is 20.8 Å². The third-order valence-electron chi connectivity index (χ3n) is 3.90. The van der Waals surface area contributed by atoms with Crippen molar-refractivity contribution in [2.75, 3.05) is 11.5 Å². The molecule has 0 aliphatic carbocycles. The Morgan fingerprint density at radius 3 is 2.40 bits per heavy atom. The minimum Gasteiger partial charge on any atom is -0.288 e. The van der Waals surface area contributed by atoms with Gasteiger partial charge in [0, 0.05) is 57.1 Å². The van der Waals surface area contributed by atoms with Crippen LogP contribution < -0.4 is 0 Å². The number of carbonyl (C=O) groups excluding carboxylic acids is 1. The van der Waals surface area contributed by atoms with E-state index in [0.29, 0.717) is 12.2 Å². The molecular formula is C17H24FNO4S2. The number of nitro benzene ring substituents is 1. The van der Waals surface area contributed by atoms with Crippen LogP contribution in [0, 0.1) is 15.9 Å². The number of nitro groups is 1. The summed E-state index contributed by atoms with van der Waals surface area (Å²) < 4.78 is 26.6. The summed E-state index contributed by atoms with van der Waals surface area (Å²) in [6.07, 6.45) is 0.386. The van der Waals surface area contributed by atoms with E-state index >= 15 is 0 Å². The van der Waals surface area contributed by atoms with Gasteiger partial charge in [0.1, 0.15) is 5.82 Å². The maximum absolute atomic E-state index is 14.5. The van der Waals surface area contributed by atoms with Gasteiger partial charge in [0.05, 0.1) is 4.92 Å². The van der Waals surface area contributed by atoms with Crippen molar-refractivity contribution in [1.29, 1.82) is 0 Å². The highest BCUT2D eigenvalue weighted by molar-refractivity contribution is 8.13. The van der Waals surface area contributed by atoms with Crippen LogP contribution >= 0.6 is 11.8 Å². The summed E-state index contributed by atoms with van der Waals surface area (Å²) >= 11 is 1.11. The molecule has 0 radical (unpaired) electrons. The molecule has 1 aromatic carbocycles. The number of hydrogen-bond acceptors (Lipinski definition) is 5. The Bertz CT molecular complexity index is 688. The zero-order valence-corrected chi connectivity index (χ0v) is 16.8. The number of hydrogen-bond donors (Lipinski definition) is 0. The van der Waals surface area contributed by atoms with Crippen LogP contribution in [0.15, 0.2) is 18.2 Å². The molecule has 0 saturated carbocycles. The number of carbonyl (C=O) groups is 1. The van der Waals surface area contributed by atoms with Gasteiger partial charge in [-0.1, -0.05) is 18.7 Å². The Morgan fingerprint density at radius 1 is 1.32 bits per heavy atom. The van der Waals surface area contributed by atoms with Gasteiger partial charge in [0.25, 0.3) is 5.69 Å². The summed E-state index contributed by atoms with van der Waals surface area (Å²) in [5.74, 6) is 0.0226. The fraction of sp³-hybridized carbons (Fsp3) is 0.588. The monoisotopic (exact) mass is 389 g/mol. The second kappa shape index (κ2) is 8.40. The van der Waals surface area contributed by atoms with Crippen molar-refractivity contribution in [2.24, 2.45) is 0 Å². The molecule has 140 valence electrons. The molecule has 1 rings (SSSR count). The average molecular weight is 390 g/mol. The fourth-order valence-corrected chi connectivity index (χ4v) is 4.45. The fourth-order valence-electron chi connectivity index (χ4n) is 2.30. The van der Waals surface area contributed by atoms with E-state index in [4.69, 9.17) is 0 Å². The molecule has 0 unspecified atom stereocenters. The van der Waals surface area contributed by atoms with Gasteiger partial charge in [0.2, 0.25) is 0 Å². The largest absolute Gasteiger partial charge is 0.288 e. The van der Waals surface area contributed by atoms with Crippen molar-refractivity contribution >= 4 is 33.4 Å². The lowest BCUT2D eigenvalue weighted by Crippen LogP contribution is -2.37. The summed E-state index contributed by atoms with van der Waals surface area (Å²) in [5, 5.41) is 11.0. The molecule has 25 heavy (non-hydrogen) atoms. The van der Waals surface area contributed by atoms with Gasteiger partial charge in [-0.05, 0) is 33.3 Å². The van der Waals surface area contributed by atoms with E-state index in [2.05, 4.69) is 0 Å². The molecule has 0 spiro atoms. The molecule has 0 aliphatic rings. The first-order valence-corrected chi connectivity index (χ1v) is 10.1. The van der Waals surface area contributed by atoms with Gasteiger partial charge in [-0.25, -0.2) is 4.39 Å². The lowest BCUT2D eigenvalue weighted by atomic mass is 9.81. The van der Waals surface area contributed by atoms with Crippen molar-refractivity contribution in [1.82, 2.24) is 0 Å². The van der Waals surface area contributed by atoms with Crippen molar-refractivity contribution < 1.29 is 18.3 Å². The van der Waals surface area contributed by atoms with Gasteiger partial charge in [-0.2, -0.15) is 0 Å². The van der Waals surface area contributed by atoms with Crippen molar-refractivity contribution in [3.63, 3.8) is 0 Å². The number of thioether (sulfide) groups is 1. The first kappa shape index (κ1) is 21.8. The van der Waals surface area contributed by atoms with Gasteiger partial charge < -0.3 is 0 Å². The molecule has 0 N–H and O–H groups in total. The molecule has 1 aromatic rings. The summed E-state index contributed by atoms with van der Waals surface area (Å²) in [6, 6.07) is 3.40. The van der Waals surface area contributed by atoms with Crippen molar-refractivity contribution in [3.05, 3.63) is 39.7 Å². The molecule has 0 amide bonds. The molecule has 0 heterocycles. The van der Waals surface area contributed by atoms with E-state index in [-0.39, 0.29) is 22.1 Å². The predicted octanol–water partition coefficient (Wildman–Crippen LogP) is 4.21. The summed E-state index contributed by atoms with van der Waals surface area (Å²) in [7, 11) is -1.28. The number of halogens is 1. The number of nitrogens with zero attached hydrogens (tertiary/aromatic N) is 1. The number of rotatable bonds is 7.